The molecule has 1 heterocycles. The van der Waals surface area contributed by atoms with E-state index in [1.165, 1.54) is 0 Å². The Morgan fingerprint density at radius 3 is 2.71 bits per heavy atom. The Morgan fingerprint density at radius 2 is 2.05 bits per heavy atom. The molecule has 0 unspecified atom stereocenters. The van der Waals surface area contributed by atoms with E-state index in [0.29, 0.717) is 19.0 Å². The fraction of sp³-hybridized carbons (Fsp3) is 0.562. The molecule has 1 fully saturated rings. The average molecular weight is 296 g/mol. The average Bonchev–Trinajstić information content (AvgIpc) is 2.49. The molecule has 0 aromatic heterocycles. The minimum atomic E-state index is -0.659. The van der Waals surface area contributed by atoms with Crippen LogP contribution in [0.3, 0.4) is 0 Å². The van der Waals surface area contributed by atoms with Crippen molar-refractivity contribution in [3.8, 4) is 0 Å². The standard InChI is InChI=1S/C16H22F2N2O/c1-2-9-20(11-12-5-7-19-8-6-12)16(21)14-10-13(17)3-4-15(14)18/h3-4,10,12,19H,2,5-9,11H2,1H3. The molecule has 2 rings (SSSR count). The number of carbonyl (C=O) groups is 1. The van der Waals surface area contributed by atoms with Gasteiger partial charge >= 0.3 is 0 Å². The number of benzene rings is 1. The summed E-state index contributed by atoms with van der Waals surface area (Å²) in [6, 6.07) is 3.03. The maximum Gasteiger partial charge on any atom is 0.256 e. The van der Waals surface area contributed by atoms with Gasteiger partial charge in [-0.15, -0.1) is 0 Å². The zero-order valence-corrected chi connectivity index (χ0v) is 12.4. The van der Waals surface area contributed by atoms with E-state index in [9.17, 15) is 13.6 Å². The summed E-state index contributed by atoms with van der Waals surface area (Å²) < 4.78 is 27.0. The van der Waals surface area contributed by atoms with Crippen molar-refractivity contribution < 1.29 is 13.6 Å². The first-order valence-corrected chi connectivity index (χ1v) is 7.57. The van der Waals surface area contributed by atoms with Crippen LogP contribution in [-0.2, 0) is 0 Å². The van der Waals surface area contributed by atoms with Crippen molar-refractivity contribution in [1.29, 1.82) is 0 Å². The predicted octanol–water partition coefficient (Wildman–Crippen LogP) is 2.82. The lowest BCUT2D eigenvalue weighted by molar-refractivity contribution is 0.0711. The Labute approximate surface area is 124 Å². The summed E-state index contributed by atoms with van der Waals surface area (Å²) in [6.45, 7) is 5.06. The second-order valence-corrected chi connectivity index (χ2v) is 5.57. The summed E-state index contributed by atoms with van der Waals surface area (Å²) >= 11 is 0. The van der Waals surface area contributed by atoms with Gasteiger partial charge in [0.2, 0.25) is 0 Å². The highest BCUT2D eigenvalue weighted by atomic mass is 19.1. The molecule has 5 heteroatoms. The first-order chi connectivity index (χ1) is 10.1. The van der Waals surface area contributed by atoms with Gasteiger partial charge in [0.25, 0.3) is 5.91 Å². The summed E-state index contributed by atoms with van der Waals surface area (Å²) in [6.07, 6.45) is 2.83. The molecule has 1 saturated heterocycles. The molecule has 0 atom stereocenters. The predicted molar refractivity (Wildman–Crippen MR) is 78.1 cm³/mol. The smallest absolute Gasteiger partial charge is 0.256 e. The maximum atomic E-state index is 13.8. The largest absolute Gasteiger partial charge is 0.338 e. The molecular formula is C16H22F2N2O. The molecule has 1 amide bonds. The van der Waals surface area contributed by atoms with Crippen molar-refractivity contribution in [2.75, 3.05) is 26.2 Å². The molecule has 0 spiro atoms. The van der Waals surface area contributed by atoms with Crippen LogP contribution in [0.5, 0.6) is 0 Å². The Bertz CT molecular complexity index is 487. The molecule has 1 aromatic carbocycles. The Balaban J connectivity index is 2.12. The molecule has 0 radical (unpaired) electrons. The SMILES string of the molecule is CCCN(CC1CCNCC1)C(=O)c1cc(F)ccc1F. The zero-order valence-electron chi connectivity index (χ0n) is 12.4. The number of hydrogen-bond acceptors (Lipinski definition) is 2. The molecule has 0 bridgehead atoms. The summed E-state index contributed by atoms with van der Waals surface area (Å²) in [5.74, 6) is -1.23. The van der Waals surface area contributed by atoms with E-state index in [0.717, 1.165) is 50.6 Å². The van der Waals surface area contributed by atoms with E-state index in [1.54, 1.807) is 4.90 Å². The summed E-state index contributed by atoms with van der Waals surface area (Å²) in [5.41, 5.74) is -0.169. The van der Waals surface area contributed by atoms with E-state index in [-0.39, 0.29) is 5.56 Å². The van der Waals surface area contributed by atoms with Gasteiger partial charge in [-0.25, -0.2) is 8.78 Å². The Morgan fingerprint density at radius 1 is 1.33 bits per heavy atom. The van der Waals surface area contributed by atoms with Gasteiger partial charge in [-0.05, 0) is 56.5 Å². The topological polar surface area (TPSA) is 32.3 Å². The van der Waals surface area contributed by atoms with E-state index in [2.05, 4.69) is 5.32 Å². The number of halogens is 2. The minimum absolute atomic E-state index is 0.169. The van der Waals surface area contributed by atoms with Gasteiger partial charge in [-0.3, -0.25) is 4.79 Å². The van der Waals surface area contributed by atoms with Crippen LogP contribution in [0.15, 0.2) is 18.2 Å². The van der Waals surface area contributed by atoms with Crippen LogP contribution in [-0.4, -0.2) is 37.0 Å². The molecule has 1 N–H and O–H groups in total. The highest BCUT2D eigenvalue weighted by molar-refractivity contribution is 5.94. The minimum Gasteiger partial charge on any atom is -0.338 e. The molecular weight excluding hydrogens is 274 g/mol. The molecule has 1 aliphatic rings. The van der Waals surface area contributed by atoms with Crippen LogP contribution < -0.4 is 5.32 Å². The van der Waals surface area contributed by atoms with Crippen molar-refractivity contribution in [1.82, 2.24) is 10.2 Å². The van der Waals surface area contributed by atoms with Gasteiger partial charge in [-0.1, -0.05) is 6.92 Å². The Hall–Kier alpha value is -1.49. The first kappa shape index (κ1) is 15.9. The van der Waals surface area contributed by atoms with E-state index in [4.69, 9.17) is 0 Å². The van der Waals surface area contributed by atoms with Crippen LogP contribution in [0.1, 0.15) is 36.5 Å². The molecule has 0 saturated carbocycles. The van der Waals surface area contributed by atoms with Crippen molar-refractivity contribution in [3.05, 3.63) is 35.4 Å². The normalized spacial score (nSPS) is 16.0. The van der Waals surface area contributed by atoms with Crippen molar-refractivity contribution in [2.24, 2.45) is 5.92 Å². The van der Waals surface area contributed by atoms with Gasteiger partial charge in [-0.2, -0.15) is 0 Å². The lowest BCUT2D eigenvalue weighted by Crippen LogP contribution is -2.40. The second kappa shape index (κ2) is 7.50. The van der Waals surface area contributed by atoms with Gasteiger partial charge in [0.1, 0.15) is 11.6 Å². The number of nitrogens with one attached hydrogen (secondary N) is 1. The Kier molecular flexibility index (Phi) is 5.67. The third kappa shape index (κ3) is 4.24. The van der Waals surface area contributed by atoms with Gasteiger partial charge in [0.15, 0.2) is 0 Å². The highest BCUT2D eigenvalue weighted by Gasteiger charge is 2.23. The highest BCUT2D eigenvalue weighted by Crippen LogP contribution is 2.18. The molecule has 116 valence electrons. The quantitative estimate of drug-likeness (QED) is 0.906. The third-order valence-electron chi connectivity index (χ3n) is 3.88. The first-order valence-electron chi connectivity index (χ1n) is 7.57. The van der Waals surface area contributed by atoms with E-state index < -0.39 is 17.5 Å². The number of carbonyl (C=O) groups excluding carboxylic acids is 1. The van der Waals surface area contributed by atoms with Crippen LogP contribution in [0.4, 0.5) is 8.78 Å². The number of amides is 1. The molecule has 1 aromatic rings. The molecule has 3 nitrogen and oxygen atoms in total. The molecule has 1 aliphatic heterocycles. The second-order valence-electron chi connectivity index (χ2n) is 5.57. The van der Waals surface area contributed by atoms with Crippen LogP contribution in [0.2, 0.25) is 0 Å². The van der Waals surface area contributed by atoms with Crippen LogP contribution >= 0.6 is 0 Å². The van der Waals surface area contributed by atoms with Crippen molar-refractivity contribution >= 4 is 5.91 Å². The molecule has 21 heavy (non-hydrogen) atoms. The molecule has 0 aliphatic carbocycles. The summed E-state index contributed by atoms with van der Waals surface area (Å²) in [7, 11) is 0. The fourth-order valence-corrected chi connectivity index (χ4v) is 2.75. The number of rotatable bonds is 5. The van der Waals surface area contributed by atoms with Gasteiger partial charge < -0.3 is 10.2 Å². The van der Waals surface area contributed by atoms with E-state index >= 15 is 0 Å². The third-order valence-corrected chi connectivity index (χ3v) is 3.88. The zero-order chi connectivity index (χ0) is 15.2. The number of hydrogen-bond donors (Lipinski definition) is 1. The maximum absolute atomic E-state index is 13.8. The lowest BCUT2D eigenvalue weighted by Gasteiger charge is -2.30. The van der Waals surface area contributed by atoms with Crippen molar-refractivity contribution in [2.45, 2.75) is 26.2 Å². The summed E-state index contributed by atoms with van der Waals surface area (Å²) in [4.78, 5) is 14.1. The van der Waals surface area contributed by atoms with Crippen molar-refractivity contribution in [3.63, 3.8) is 0 Å². The van der Waals surface area contributed by atoms with Crippen LogP contribution in [0, 0.1) is 17.6 Å². The summed E-state index contributed by atoms with van der Waals surface area (Å²) in [5, 5.41) is 3.28. The van der Waals surface area contributed by atoms with Crippen LogP contribution in [0.25, 0.3) is 0 Å². The van der Waals surface area contributed by atoms with Gasteiger partial charge in [0.05, 0.1) is 5.56 Å². The van der Waals surface area contributed by atoms with E-state index in [1.807, 2.05) is 6.92 Å². The van der Waals surface area contributed by atoms with Gasteiger partial charge in [0, 0.05) is 13.1 Å². The number of nitrogens with zero attached hydrogens (tertiary/aromatic N) is 1. The monoisotopic (exact) mass is 296 g/mol. The fourth-order valence-electron chi connectivity index (χ4n) is 2.75. The lowest BCUT2D eigenvalue weighted by atomic mass is 9.97. The number of piperidine rings is 1.